The van der Waals surface area contributed by atoms with Gasteiger partial charge in [-0.1, -0.05) is 4.63 Å². The van der Waals surface area contributed by atoms with Crippen LogP contribution in [0.15, 0.2) is 56.9 Å². The molecule has 0 unspecified atom stereocenters. The van der Waals surface area contributed by atoms with Crippen molar-refractivity contribution in [3.05, 3.63) is 0 Å². The Morgan fingerprint density at radius 3 is 1.38 bits per heavy atom. The number of halogens is 1. The normalized spacial score (nSPS) is 13.3. The molecular weight excluding hydrogens is 204 g/mol. The summed E-state index contributed by atoms with van der Waals surface area (Å²) in [5.41, 5.74) is 6.14. The van der Waals surface area contributed by atoms with Gasteiger partial charge in [-0.2, -0.15) is 5.53 Å². The summed E-state index contributed by atoms with van der Waals surface area (Å²) in [7, 11) is 0. The van der Waals surface area contributed by atoms with Gasteiger partial charge in [0, 0.05) is 0 Å². The average Bonchev–Trinajstić information content (AvgIpc) is 2.16. The Hall–Kier alpha value is -2.11. The monoisotopic (exact) mass is 204 g/mol. The van der Waals surface area contributed by atoms with Gasteiger partial charge in [0.25, 0.3) is 0 Å². The molecule has 12 nitrogen and oxygen atoms in total. The highest BCUT2D eigenvalue weighted by Crippen LogP contribution is 1.87. The molecule has 0 rings (SSSR count). The lowest BCUT2D eigenvalue weighted by Gasteiger charge is -1.67. The summed E-state index contributed by atoms with van der Waals surface area (Å²) in [5.74, 6) is 0. The van der Waals surface area contributed by atoms with Gasteiger partial charge in [0.05, 0.1) is 11.8 Å². The van der Waals surface area contributed by atoms with E-state index in [-0.39, 0.29) is 0 Å². The van der Waals surface area contributed by atoms with Crippen molar-refractivity contribution in [1.29, 1.82) is 5.53 Å². The van der Waals surface area contributed by atoms with Crippen LogP contribution < -0.4 is 0 Å². The van der Waals surface area contributed by atoms with Crippen LogP contribution in [0.4, 0.5) is 0 Å². The van der Waals surface area contributed by atoms with Gasteiger partial charge in [0.1, 0.15) is 0 Å². The van der Waals surface area contributed by atoms with Crippen molar-refractivity contribution in [2.45, 2.75) is 0 Å². The first-order valence-corrected chi connectivity index (χ1v) is 2.73. The zero-order valence-corrected chi connectivity index (χ0v) is 6.55. The molecule has 0 heterocycles. The fourth-order valence-electron chi connectivity index (χ4n) is 0.160. The summed E-state index contributed by atoms with van der Waals surface area (Å²) in [6.07, 6.45) is 0. The molecule has 0 aliphatic carbocycles. The van der Waals surface area contributed by atoms with Crippen molar-refractivity contribution in [1.82, 2.24) is 0 Å². The van der Waals surface area contributed by atoms with Crippen LogP contribution in [0, 0.1) is 5.53 Å². The average molecular weight is 205 g/mol. The lowest BCUT2D eigenvalue weighted by atomic mass is 12.3. The summed E-state index contributed by atoms with van der Waals surface area (Å²) in [4.78, 5) is 0. The van der Waals surface area contributed by atoms with Crippen LogP contribution in [0.1, 0.15) is 0 Å². The molecule has 0 amide bonds. The zero-order chi connectivity index (χ0) is 9.78. The first kappa shape index (κ1) is 10.9. The zero-order valence-electron chi connectivity index (χ0n) is 5.80. The molecule has 0 bridgehead atoms. The summed E-state index contributed by atoms with van der Waals surface area (Å²) in [5, 5.41) is 28.5. The van der Waals surface area contributed by atoms with E-state index in [9.17, 15) is 0 Å². The Bertz CT molecular complexity index is 252. The molecule has 0 radical (unpaired) electrons. The summed E-state index contributed by atoms with van der Waals surface area (Å²) in [6, 6.07) is 0. The van der Waals surface area contributed by atoms with Crippen LogP contribution in [0.25, 0.3) is 0 Å². The highest BCUT2D eigenvalue weighted by Gasteiger charge is 1.67. The number of nitrogens with zero attached hydrogens (tertiary/aromatic N) is 11. The maximum absolute atomic E-state index is 6.14. The van der Waals surface area contributed by atoms with Gasteiger partial charge in [-0.15, -0.1) is 0 Å². The van der Waals surface area contributed by atoms with Crippen LogP contribution in [-0.4, -0.2) is 0 Å². The van der Waals surface area contributed by atoms with Crippen molar-refractivity contribution in [3.63, 3.8) is 0 Å². The second-order valence-electron chi connectivity index (χ2n) is 0.981. The van der Waals surface area contributed by atoms with E-state index in [1.54, 1.807) is 0 Å². The molecule has 0 aliphatic rings. The van der Waals surface area contributed by atoms with Crippen molar-refractivity contribution < 1.29 is 0 Å². The smallest absolute Gasteiger partial charge is 0.0622 e. The molecule has 68 valence electrons. The Morgan fingerprint density at radius 2 is 1.00 bits per heavy atom. The van der Waals surface area contributed by atoms with Crippen molar-refractivity contribution in [3.8, 4) is 0 Å². The van der Waals surface area contributed by atoms with Gasteiger partial charge in [-0.3, -0.25) is 0 Å². The van der Waals surface area contributed by atoms with E-state index in [0.29, 0.717) is 0 Å². The summed E-state index contributed by atoms with van der Waals surface area (Å²) in [6.45, 7) is 0. The van der Waals surface area contributed by atoms with Crippen LogP contribution in [0.3, 0.4) is 0 Å². The van der Waals surface area contributed by atoms with Crippen LogP contribution in [0.2, 0.25) is 0 Å². The van der Waals surface area contributed by atoms with E-state index >= 15 is 0 Å². The van der Waals surface area contributed by atoms with Crippen LogP contribution >= 0.6 is 11.8 Å². The molecule has 0 fully saturated rings. The number of hydrogen-bond acceptors (Lipinski definition) is 2. The lowest BCUT2D eigenvalue weighted by molar-refractivity contribution is 0.760. The summed E-state index contributed by atoms with van der Waals surface area (Å²) >= 11 is 4.73. The van der Waals surface area contributed by atoms with Gasteiger partial charge in [-0.25, -0.2) is 0 Å². The molecule has 0 aliphatic heterocycles. The Morgan fingerprint density at radius 1 is 0.615 bits per heavy atom. The van der Waals surface area contributed by atoms with Gasteiger partial charge in [0.15, 0.2) is 0 Å². The number of rotatable bonds is 5. The highest BCUT2D eigenvalue weighted by atomic mass is 35.5. The molecule has 0 spiro atoms. The van der Waals surface area contributed by atoms with Crippen molar-refractivity contribution in [2.24, 2.45) is 56.9 Å². The van der Waals surface area contributed by atoms with E-state index in [1.807, 2.05) is 0 Å². The molecule has 1 N–H and O–H groups in total. The maximum Gasteiger partial charge on any atom is 0.0622 e. The molecule has 0 saturated carbocycles. The van der Waals surface area contributed by atoms with E-state index in [1.165, 1.54) is 0 Å². The fourth-order valence-corrected chi connectivity index (χ4v) is 0.191. The Labute approximate surface area is 75.1 Å². The lowest BCUT2D eigenvalue weighted by Crippen LogP contribution is -1.48. The number of nitrogens with one attached hydrogen (secondary N) is 1. The first-order chi connectivity index (χ1) is 6.41. The van der Waals surface area contributed by atoms with Crippen LogP contribution in [0.5, 0.6) is 0 Å². The maximum atomic E-state index is 6.14. The van der Waals surface area contributed by atoms with E-state index in [4.69, 9.17) is 17.3 Å². The largest absolute Gasteiger partial charge is 0.183 e. The third-order valence-electron chi connectivity index (χ3n) is 0.399. The predicted octanol–water partition coefficient (Wildman–Crippen LogP) is 3.01. The van der Waals surface area contributed by atoms with E-state index < -0.39 is 0 Å². The predicted molar refractivity (Wildman–Crippen MR) is 35.3 cm³/mol. The van der Waals surface area contributed by atoms with Crippen LogP contribution in [-0.2, 0) is 0 Å². The minimum Gasteiger partial charge on any atom is -0.183 e. The van der Waals surface area contributed by atoms with Crippen molar-refractivity contribution >= 4 is 11.8 Å². The van der Waals surface area contributed by atoms with Gasteiger partial charge >= 0.3 is 0 Å². The van der Waals surface area contributed by atoms with E-state index in [2.05, 4.69) is 56.9 Å². The molecule has 13 heteroatoms. The van der Waals surface area contributed by atoms with Crippen molar-refractivity contribution in [2.75, 3.05) is 0 Å². The summed E-state index contributed by atoms with van der Waals surface area (Å²) < 4.78 is 2.71. The Balaban J connectivity index is 3.68. The second kappa shape index (κ2) is 9.89. The molecule has 0 aromatic rings. The topological polar surface area (TPSA) is 160 Å². The molecular formula is HClN12. The third kappa shape index (κ3) is 9.89. The SMILES string of the molecule is N=N/N=N/N=N/N=N/N=N/N=NCl. The first-order valence-electron chi connectivity index (χ1n) is 2.39. The second-order valence-corrected chi connectivity index (χ2v) is 1.13. The van der Waals surface area contributed by atoms with Gasteiger partial charge in [0.2, 0.25) is 0 Å². The molecule has 13 heavy (non-hydrogen) atoms. The number of hydrogen-bond donors (Lipinski definition) is 1. The quantitative estimate of drug-likeness (QED) is 0.515. The Kier molecular flexibility index (Phi) is 8.28. The minimum absolute atomic E-state index is 2.49. The van der Waals surface area contributed by atoms with Gasteiger partial charge < -0.3 is 0 Å². The standard InChI is InChI=1S/ClHN12/c1-3-5-7-9-11-13-12-10-8-6-4-2/h2H/b4-2?,5-3?,8-6+,9-7+,12-10+,13-11+. The third-order valence-corrected chi connectivity index (χ3v) is 0.466. The van der Waals surface area contributed by atoms with Gasteiger partial charge in [-0.05, 0) is 52.2 Å². The van der Waals surface area contributed by atoms with E-state index in [0.717, 1.165) is 0 Å². The minimum atomic E-state index is 2.49. The molecule has 0 aromatic heterocycles. The molecule has 0 atom stereocenters. The molecule has 0 saturated heterocycles. The molecule has 0 aromatic carbocycles. The fraction of sp³-hybridized carbons (Fsp3) is 0. The highest BCUT2D eigenvalue weighted by molar-refractivity contribution is 6.13.